The number of aromatic nitrogens is 2. The molecule has 1 rings (SSSR count). The number of hydrogen-bond donors (Lipinski definition) is 2. The molecule has 0 fully saturated rings. The Morgan fingerprint density at radius 3 is 2.50 bits per heavy atom. The molecular weight excluding hydrogens is 182 g/mol. The molecule has 1 aromatic heterocycles. The van der Waals surface area contributed by atoms with Gasteiger partial charge in [0.05, 0.1) is 0 Å². The predicted molar refractivity (Wildman–Crippen MR) is 52.1 cm³/mol. The quantitative estimate of drug-likeness (QED) is 0.676. The van der Waals surface area contributed by atoms with Crippen LogP contribution in [0.1, 0.15) is 31.3 Å². The van der Waals surface area contributed by atoms with Crippen molar-refractivity contribution in [2.45, 2.75) is 26.3 Å². The van der Waals surface area contributed by atoms with Gasteiger partial charge >= 0.3 is 0 Å². The van der Waals surface area contributed by atoms with Crippen molar-refractivity contribution in [1.82, 2.24) is 15.5 Å². The minimum atomic E-state index is -0.322. The molecule has 0 saturated heterocycles. The first-order valence-electron chi connectivity index (χ1n) is 4.27. The lowest BCUT2D eigenvalue weighted by atomic mass is 10.1. The fraction of sp³-hybridized carbons (Fsp3) is 0.444. The average molecular weight is 195 g/mol. The largest absolute Gasteiger partial charge is 0.346 e. The molecule has 0 atom stereocenters. The molecule has 0 saturated carbocycles. The molecule has 1 heterocycles. The van der Waals surface area contributed by atoms with Crippen molar-refractivity contribution < 1.29 is 4.79 Å². The van der Waals surface area contributed by atoms with Gasteiger partial charge in [0.25, 0.3) is 11.5 Å². The Balaban J connectivity index is 2.81. The van der Waals surface area contributed by atoms with Crippen molar-refractivity contribution in [3.63, 3.8) is 0 Å². The highest BCUT2D eigenvalue weighted by atomic mass is 16.2. The maximum atomic E-state index is 11.5. The first-order valence-corrected chi connectivity index (χ1v) is 4.27. The van der Waals surface area contributed by atoms with Gasteiger partial charge in [-0.3, -0.25) is 9.59 Å². The molecule has 2 N–H and O–H groups in total. The monoisotopic (exact) mass is 195 g/mol. The van der Waals surface area contributed by atoms with Crippen LogP contribution in [-0.4, -0.2) is 21.6 Å². The Labute approximate surface area is 81.5 Å². The summed E-state index contributed by atoms with van der Waals surface area (Å²) < 4.78 is 0. The van der Waals surface area contributed by atoms with Crippen LogP contribution in [0.2, 0.25) is 0 Å². The van der Waals surface area contributed by atoms with E-state index in [1.165, 1.54) is 12.1 Å². The van der Waals surface area contributed by atoms with Crippen LogP contribution in [-0.2, 0) is 0 Å². The second kappa shape index (κ2) is 3.61. The highest BCUT2D eigenvalue weighted by Gasteiger charge is 2.15. The van der Waals surface area contributed by atoms with Gasteiger partial charge in [-0.15, -0.1) is 0 Å². The average Bonchev–Trinajstić information content (AvgIpc) is 2.02. The molecule has 0 aliphatic carbocycles. The van der Waals surface area contributed by atoms with E-state index in [-0.39, 0.29) is 22.7 Å². The van der Waals surface area contributed by atoms with E-state index >= 15 is 0 Å². The highest BCUT2D eigenvalue weighted by Crippen LogP contribution is 2.00. The smallest absolute Gasteiger partial charge is 0.272 e. The summed E-state index contributed by atoms with van der Waals surface area (Å²) in [5.41, 5.74) is -0.425. The van der Waals surface area contributed by atoms with E-state index in [0.717, 1.165) is 0 Å². The third-order valence-electron chi connectivity index (χ3n) is 1.40. The SMILES string of the molecule is CC(C)(C)NC(=O)c1ccc(=O)[nH]n1. The number of hydrogen-bond acceptors (Lipinski definition) is 3. The second-order valence-electron chi connectivity index (χ2n) is 4.01. The standard InChI is InChI=1S/C9H13N3O2/c1-9(2,3)10-8(14)6-4-5-7(13)12-11-6/h4-5H,1-3H3,(H,10,14)(H,12,13). The van der Waals surface area contributed by atoms with Gasteiger partial charge in [0.15, 0.2) is 0 Å². The Bertz CT molecular complexity index is 369. The molecule has 76 valence electrons. The summed E-state index contributed by atoms with van der Waals surface area (Å²) in [4.78, 5) is 22.2. The van der Waals surface area contributed by atoms with E-state index in [1.54, 1.807) is 0 Å². The fourth-order valence-electron chi connectivity index (χ4n) is 0.876. The first-order chi connectivity index (χ1) is 6.38. The topological polar surface area (TPSA) is 74.8 Å². The lowest BCUT2D eigenvalue weighted by Gasteiger charge is -2.19. The van der Waals surface area contributed by atoms with Gasteiger partial charge in [-0.1, -0.05) is 0 Å². The molecule has 1 aromatic rings. The van der Waals surface area contributed by atoms with Gasteiger partial charge in [0.1, 0.15) is 5.69 Å². The minimum Gasteiger partial charge on any atom is -0.346 e. The minimum absolute atomic E-state index is 0.208. The van der Waals surface area contributed by atoms with E-state index in [0.29, 0.717) is 0 Å². The fourth-order valence-corrected chi connectivity index (χ4v) is 0.876. The molecule has 14 heavy (non-hydrogen) atoms. The molecule has 0 aliphatic heterocycles. The summed E-state index contributed by atoms with van der Waals surface area (Å²) >= 11 is 0. The van der Waals surface area contributed by atoms with Crippen molar-refractivity contribution in [3.05, 3.63) is 28.2 Å². The van der Waals surface area contributed by atoms with E-state index < -0.39 is 0 Å². The number of rotatable bonds is 1. The summed E-state index contributed by atoms with van der Waals surface area (Å²) in [5, 5.41) is 8.54. The number of nitrogens with one attached hydrogen (secondary N) is 2. The molecule has 0 aliphatic rings. The van der Waals surface area contributed by atoms with Crippen molar-refractivity contribution in [1.29, 1.82) is 0 Å². The molecule has 0 bridgehead atoms. The molecule has 0 spiro atoms. The summed E-state index contributed by atoms with van der Waals surface area (Å²) in [5.74, 6) is -0.297. The Hall–Kier alpha value is -1.65. The van der Waals surface area contributed by atoms with Crippen molar-refractivity contribution in [3.8, 4) is 0 Å². The Morgan fingerprint density at radius 1 is 1.43 bits per heavy atom. The maximum Gasteiger partial charge on any atom is 0.272 e. The molecule has 0 aromatic carbocycles. The van der Waals surface area contributed by atoms with Gasteiger partial charge in [-0.25, -0.2) is 5.10 Å². The van der Waals surface area contributed by atoms with E-state index in [4.69, 9.17) is 0 Å². The molecule has 5 nitrogen and oxygen atoms in total. The van der Waals surface area contributed by atoms with Crippen LogP contribution in [0.25, 0.3) is 0 Å². The predicted octanol–water partition coefficient (Wildman–Crippen LogP) is 0.298. The number of H-pyrrole nitrogens is 1. The number of carbonyl (C=O) groups excluding carboxylic acids is 1. The van der Waals surface area contributed by atoms with Crippen LogP contribution in [0.3, 0.4) is 0 Å². The molecule has 5 heteroatoms. The molecule has 1 amide bonds. The zero-order valence-corrected chi connectivity index (χ0v) is 8.42. The lowest BCUT2D eigenvalue weighted by molar-refractivity contribution is 0.0913. The zero-order valence-electron chi connectivity index (χ0n) is 8.42. The van der Waals surface area contributed by atoms with Gasteiger partial charge in [-0.2, -0.15) is 5.10 Å². The Morgan fingerprint density at radius 2 is 2.07 bits per heavy atom. The summed E-state index contributed by atoms with van der Waals surface area (Å²) in [6, 6.07) is 2.66. The number of amides is 1. The van der Waals surface area contributed by atoms with Crippen LogP contribution in [0, 0.1) is 0 Å². The van der Waals surface area contributed by atoms with Gasteiger partial charge < -0.3 is 5.32 Å². The number of aromatic amines is 1. The van der Waals surface area contributed by atoms with E-state index in [2.05, 4.69) is 15.5 Å². The number of carbonyl (C=O) groups is 1. The molecule has 0 unspecified atom stereocenters. The third kappa shape index (κ3) is 3.01. The van der Waals surface area contributed by atoms with Crippen molar-refractivity contribution in [2.24, 2.45) is 0 Å². The normalized spacial score (nSPS) is 11.1. The van der Waals surface area contributed by atoms with Crippen LogP contribution >= 0.6 is 0 Å². The van der Waals surface area contributed by atoms with Gasteiger partial charge in [-0.05, 0) is 26.8 Å². The van der Waals surface area contributed by atoms with Crippen molar-refractivity contribution in [2.75, 3.05) is 0 Å². The van der Waals surface area contributed by atoms with E-state index in [1.807, 2.05) is 20.8 Å². The first kappa shape index (κ1) is 10.4. The summed E-state index contributed by atoms with van der Waals surface area (Å²) in [6.07, 6.45) is 0. The van der Waals surface area contributed by atoms with Crippen LogP contribution in [0.4, 0.5) is 0 Å². The highest BCUT2D eigenvalue weighted by molar-refractivity contribution is 5.92. The third-order valence-corrected chi connectivity index (χ3v) is 1.40. The van der Waals surface area contributed by atoms with E-state index in [9.17, 15) is 9.59 Å². The van der Waals surface area contributed by atoms with Crippen molar-refractivity contribution >= 4 is 5.91 Å². The van der Waals surface area contributed by atoms with Crippen LogP contribution in [0.5, 0.6) is 0 Å². The summed E-state index contributed by atoms with van der Waals surface area (Å²) in [6.45, 7) is 5.61. The lowest BCUT2D eigenvalue weighted by Crippen LogP contribution is -2.41. The van der Waals surface area contributed by atoms with Crippen LogP contribution < -0.4 is 10.9 Å². The number of nitrogens with zero attached hydrogens (tertiary/aromatic N) is 1. The summed E-state index contributed by atoms with van der Waals surface area (Å²) in [7, 11) is 0. The molecule has 0 radical (unpaired) electrons. The second-order valence-corrected chi connectivity index (χ2v) is 4.01. The molecular formula is C9H13N3O2. The maximum absolute atomic E-state index is 11.5. The van der Waals surface area contributed by atoms with Crippen LogP contribution in [0.15, 0.2) is 16.9 Å². The zero-order chi connectivity index (χ0) is 10.8. The van der Waals surface area contributed by atoms with Gasteiger partial charge in [0.2, 0.25) is 0 Å². The van der Waals surface area contributed by atoms with Gasteiger partial charge in [0, 0.05) is 11.6 Å². The Kier molecular flexibility index (Phi) is 2.69.